The Kier molecular flexibility index (Phi) is 9.23. The van der Waals surface area contributed by atoms with Crippen LogP contribution in [-0.4, -0.2) is 80.2 Å². The van der Waals surface area contributed by atoms with Crippen LogP contribution in [0.5, 0.6) is 5.75 Å². The van der Waals surface area contributed by atoms with Gasteiger partial charge in [0.05, 0.1) is 17.6 Å². The van der Waals surface area contributed by atoms with E-state index in [-0.39, 0.29) is 23.5 Å². The van der Waals surface area contributed by atoms with Crippen molar-refractivity contribution in [3.8, 4) is 5.75 Å². The average molecular weight is 531 g/mol. The molecule has 2 fully saturated rings. The standard InChI is InChI=1S/C28H38N2O6S/c1-35-25-10-12-26(13-11-25)37(33,34)30-17-6-5-9-24(30)14-20-36-22-27(31)29-18-15-28(32,16-19-29)21-23-7-3-2-4-8-23/h2-4,7-8,10-13,24,32H,5-6,9,14-22H2,1H3. The molecule has 202 valence electrons. The number of rotatable bonds is 10. The molecule has 1 amide bonds. The lowest BCUT2D eigenvalue weighted by atomic mass is 9.85. The zero-order valence-electron chi connectivity index (χ0n) is 21.5. The number of hydrogen-bond donors (Lipinski definition) is 1. The van der Waals surface area contributed by atoms with Crippen LogP contribution in [0.4, 0.5) is 0 Å². The summed E-state index contributed by atoms with van der Waals surface area (Å²) >= 11 is 0. The zero-order chi connectivity index (χ0) is 26.3. The molecule has 1 unspecified atom stereocenters. The largest absolute Gasteiger partial charge is 0.497 e. The van der Waals surface area contributed by atoms with Gasteiger partial charge in [-0.3, -0.25) is 4.79 Å². The molecule has 37 heavy (non-hydrogen) atoms. The highest BCUT2D eigenvalue weighted by Crippen LogP contribution is 2.29. The second kappa shape index (κ2) is 12.4. The highest BCUT2D eigenvalue weighted by Gasteiger charge is 2.35. The number of nitrogens with zero attached hydrogens (tertiary/aromatic N) is 2. The van der Waals surface area contributed by atoms with Gasteiger partial charge in [-0.15, -0.1) is 0 Å². The van der Waals surface area contributed by atoms with Crippen molar-refractivity contribution in [2.45, 2.75) is 61.5 Å². The number of piperidine rings is 2. The first kappa shape index (κ1) is 27.6. The maximum Gasteiger partial charge on any atom is 0.248 e. The number of carbonyl (C=O) groups excluding carboxylic acids is 1. The van der Waals surface area contributed by atoms with Crippen molar-refractivity contribution in [1.82, 2.24) is 9.21 Å². The molecule has 2 aromatic carbocycles. The molecule has 8 nitrogen and oxygen atoms in total. The highest BCUT2D eigenvalue weighted by molar-refractivity contribution is 7.89. The van der Waals surface area contributed by atoms with Crippen LogP contribution in [0.3, 0.4) is 0 Å². The Morgan fingerprint density at radius 3 is 2.41 bits per heavy atom. The van der Waals surface area contributed by atoms with Crippen LogP contribution < -0.4 is 4.74 Å². The Morgan fingerprint density at radius 1 is 1.03 bits per heavy atom. The van der Waals surface area contributed by atoms with Gasteiger partial charge in [0.2, 0.25) is 15.9 Å². The van der Waals surface area contributed by atoms with E-state index in [2.05, 4.69) is 0 Å². The lowest BCUT2D eigenvalue weighted by Crippen LogP contribution is -2.48. The molecule has 0 aliphatic carbocycles. The SMILES string of the molecule is COc1ccc(S(=O)(=O)N2CCCCC2CCOCC(=O)N2CCC(O)(Cc3ccccc3)CC2)cc1. The topological polar surface area (TPSA) is 96.4 Å². The van der Waals surface area contributed by atoms with E-state index in [1.807, 2.05) is 30.3 Å². The van der Waals surface area contributed by atoms with Crippen molar-refractivity contribution in [1.29, 1.82) is 0 Å². The van der Waals surface area contributed by atoms with E-state index in [0.717, 1.165) is 24.8 Å². The summed E-state index contributed by atoms with van der Waals surface area (Å²) in [6, 6.07) is 16.2. The number of aliphatic hydroxyl groups is 1. The Balaban J connectivity index is 1.23. The van der Waals surface area contributed by atoms with E-state index in [1.54, 1.807) is 40.6 Å². The third kappa shape index (κ3) is 7.10. The third-order valence-corrected chi connectivity index (χ3v) is 9.45. The first-order valence-corrected chi connectivity index (χ1v) is 14.5. The number of sulfonamides is 1. The summed E-state index contributed by atoms with van der Waals surface area (Å²) < 4.78 is 39.0. The van der Waals surface area contributed by atoms with Gasteiger partial charge in [0.1, 0.15) is 12.4 Å². The number of ether oxygens (including phenoxy) is 2. The average Bonchev–Trinajstić information content (AvgIpc) is 2.92. The van der Waals surface area contributed by atoms with Gasteiger partial charge >= 0.3 is 0 Å². The van der Waals surface area contributed by atoms with Crippen LogP contribution in [0.25, 0.3) is 0 Å². The summed E-state index contributed by atoms with van der Waals surface area (Å²) in [6.45, 7) is 1.77. The van der Waals surface area contributed by atoms with Gasteiger partial charge < -0.3 is 19.5 Å². The smallest absolute Gasteiger partial charge is 0.248 e. The van der Waals surface area contributed by atoms with Crippen LogP contribution in [0.2, 0.25) is 0 Å². The fourth-order valence-electron chi connectivity index (χ4n) is 5.26. The second-order valence-electron chi connectivity index (χ2n) is 10.0. The molecular weight excluding hydrogens is 492 g/mol. The summed E-state index contributed by atoms with van der Waals surface area (Å²) in [5, 5.41) is 11.0. The molecule has 0 radical (unpaired) electrons. The van der Waals surface area contributed by atoms with Crippen molar-refractivity contribution in [3.63, 3.8) is 0 Å². The quantitative estimate of drug-likeness (QED) is 0.474. The van der Waals surface area contributed by atoms with Crippen LogP contribution >= 0.6 is 0 Å². The number of likely N-dealkylation sites (tertiary alicyclic amines) is 1. The number of methoxy groups -OCH3 is 1. The van der Waals surface area contributed by atoms with Gasteiger partial charge in [-0.2, -0.15) is 4.31 Å². The van der Waals surface area contributed by atoms with E-state index in [4.69, 9.17) is 9.47 Å². The Bertz CT molecular complexity index is 1120. The molecule has 0 saturated carbocycles. The molecule has 4 rings (SSSR count). The predicted octanol–water partition coefficient (Wildman–Crippen LogP) is 3.24. The molecule has 2 heterocycles. The maximum atomic E-state index is 13.3. The lowest BCUT2D eigenvalue weighted by molar-refractivity contribution is -0.140. The van der Waals surface area contributed by atoms with E-state index in [1.165, 1.54) is 0 Å². The van der Waals surface area contributed by atoms with Crippen molar-refractivity contribution < 1.29 is 27.8 Å². The number of hydrogen-bond acceptors (Lipinski definition) is 6. The molecule has 0 bridgehead atoms. The zero-order valence-corrected chi connectivity index (χ0v) is 22.4. The van der Waals surface area contributed by atoms with E-state index >= 15 is 0 Å². The van der Waals surface area contributed by atoms with E-state index < -0.39 is 15.6 Å². The number of carbonyl (C=O) groups is 1. The van der Waals surface area contributed by atoms with Gasteiger partial charge in [0, 0.05) is 38.7 Å². The van der Waals surface area contributed by atoms with Gasteiger partial charge in [0.15, 0.2) is 0 Å². The van der Waals surface area contributed by atoms with E-state index in [0.29, 0.717) is 57.7 Å². The van der Waals surface area contributed by atoms with E-state index in [9.17, 15) is 18.3 Å². The number of benzene rings is 2. The van der Waals surface area contributed by atoms with Crippen LogP contribution in [0, 0.1) is 0 Å². The lowest BCUT2D eigenvalue weighted by Gasteiger charge is -2.38. The molecule has 2 aliphatic rings. The fourth-order valence-corrected chi connectivity index (χ4v) is 6.98. The van der Waals surface area contributed by atoms with Crippen molar-refractivity contribution in [2.75, 3.05) is 40.0 Å². The monoisotopic (exact) mass is 530 g/mol. The molecule has 1 N–H and O–H groups in total. The summed E-state index contributed by atoms with van der Waals surface area (Å²) in [7, 11) is -2.07. The minimum atomic E-state index is -3.62. The minimum absolute atomic E-state index is 0.0327. The maximum absolute atomic E-state index is 13.3. The summed E-state index contributed by atoms with van der Waals surface area (Å²) in [6.07, 6.45) is 4.78. The Morgan fingerprint density at radius 2 is 1.73 bits per heavy atom. The molecule has 1 atom stereocenters. The number of amides is 1. The first-order chi connectivity index (χ1) is 17.8. The van der Waals surface area contributed by atoms with Crippen LogP contribution in [0.1, 0.15) is 44.1 Å². The van der Waals surface area contributed by atoms with Gasteiger partial charge in [-0.05, 0) is 61.9 Å². The molecule has 2 aromatic rings. The molecule has 2 aliphatic heterocycles. The van der Waals surface area contributed by atoms with Crippen molar-refractivity contribution in [2.24, 2.45) is 0 Å². The van der Waals surface area contributed by atoms with Crippen molar-refractivity contribution >= 4 is 15.9 Å². The summed E-state index contributed by atoms with van der Waals surface area (Å²) in [4.78, 5) is 14.7. The Labute approximate surface area is 220 Å². The van der Waals surface area contributed by atoms with Gasteiger partial charge in [-0.25, -0.2) is 8.42 Å². The molecule has 0 aromatic heterocycles. The third-order valence-electron chi connectivity index (χ3n) is 7.48. The van der Waals surface area contributed by atoms with Gasteiger partial charge in [0.25, 0.3) is 0 Å². The first-order valence-electron chi connectivity index (χ1n) is 13.1. The minimum Gasteiger partial charge on any atom is -0.497 e. The Hall–Kier alpha value is -2.46. The summed E-state index contributed by atoms with van der Waals surface area (Å²) in [5.41, 5.74) is 0.303. The fraction of sp³-hybridized carbons (Fsp3) is 0.536. The molecular formula is C28H38N2O6S. The van der Waals surface area contributed by atoms with Gasteiger partial charge in [-0.1, -0.05) is 36.8 Å². The molecule has 9 heteroatoms. The molecule has 0 spiro atoms. The molecule has 2 saturated heterocycles. The predicted molar refractivity (Wildman–Crippen MR) is 141 cm³/mol. The normalized spacial score (nSPS) is 20.5. The highest BCUT2D eigenvalue weighted by atomic mass is 32.2. The van der Waals surface area contributed by atoms with Crippen molar-refractivity contribution in [3.05, 3.63) is 60.2 Å². The summed E-state index contributed by atoms with van der Waals surface area (Å²) in [5.74, 6) is 0.523. The second-order valence-corrected chi connectivity index (χ2v) is 11.9. The van der Waals surface area contributed by atoms with Crippen LogP contribution in [-0.2, 0) is 26.0 Å². The van der Waals surface area contributed by atoms with Crippen LogP contribution in [0.15, 0.2) is 59.5 Å².